The summed E-state index contributed by atoms with van der Waals surface area (Å²) in [7, 11) is 1.93. The molecule has 0 saturated heterocycles. The lowest BCUT2D eigenvalue weighted by molar-refractivity contribution is -0.385. The Hall–Kier alpha value is -4.08. The molecule has 0 amide bonds. The SMILES string of the molecule is CNC1Cc2c(cccc2CO)C#CCCC23CCC4C5(C=O)CC67CC(CCc8ccccc8)CC6C=COC7C6CC7C=CCC(C8CCCC8)C7CC(C(O)C4(O)C2(O)CC2CC1C1OC(=O)C=C1C23)C65O. The molecule has 6 N–H and O–H groups in total. The standard InChI is InChI=1S/C65H79NO9/c1-66-53-31-47-41(16-9-18-43(47)35-67)15-7-8-24-61-25-22-54-62(37-68)36-60-33-39(21-20-38-11-3-2-4-12-38)27-45(60)23-26-74-59(60)52-29-42-17-10-19-46(40-13-5-6-14-40)48(42)30-51(64(52,62)72)58(70)65(54,73)63(61,71)34-44-28-49(53)57-50(56(44)61)32-55(69)75-57/h2-4,9-12,16-18,23,26,32,37,39-40,42,44-46,48-49,51-54,56-59,66-67,70-73H,5-6,8,13-14,19-22,24-25,27-31,33-36H2,1H3. The van der Waals surface area contributed by atoms with Gasteiger partial charge < -0.3 is 45.1 Å². The zero-order chi connectivity index (χ0) is 51.3. The molecular formula is C65H79NO9. The normalized spacial score (nSPS) is 48.6. The average Bonchev–Trinajstić information content (AvgIpc) is 4.23. The highest BCUT2D eigenvalue weighted by Crippen LogP contribution is 2.80. The van der Waals surface area contributed by atoms with E-state index in [1.807, 2.05) is 31.5 Å². The average molecular weight is 1020 g/mol. The molecule has 2 heterocycles. The Morgan fingerprint density at radius 2 is 1.72 bits per heavy atom. The molecule has 0 aromatic heterocycles. The fourth-order valence-electron chi connectivity index (χ4n) is 22.0. The van der Waals surface area contributed by atoms with Crippen molar-refractivity contribution in [2.75, 3.05) is 7.05 Å². The molecule has 21 unspecified atom stereocenters. The van der Waals surface area contributed by atoms with E-state index in [2.05, 4.69) is 65.7 Å². The van der Waals surface area contributed by atoms with E-state index in [0.29, 0.717) is 75.5 Å². The van der Waals surface area contributed by atoms with Crippen molar-refractivity contribution in [1.82, 2.24) is 5.32 Å². The highest BCUT2D eigenvalue weighted by molar-refractivity contribution is 5.86. The molecule has 8 saturated carbocycles. The number of aliphatic hydroxyl groups excluding tert-OH is 2. The third kappa shape index (κ3) is 6.55. The first-order valence-electron chi connectivity index (χ1n) is 29.5. The van der Waals surface area contributed by atoms with Crippen LogP contribution in [0.25, 0.3) is 0 Å². The summed E-state index contributed by atoms with van der Waals surface area (Å²) in [6.07, 6.45) is 22.8. The van der Waals surface area contributed by atoms with E-state index in [0.717, 1.165) is 60.7 Å². The van der Waals surface area contributed by atoms with Gasteiger partial charge in [-0.25, -0.2) is 4.79 Å². The van der Waals surface area contributed by atoms with Crippen LogP contribution in [0.4, 0.5) is 0 Å². The Labute approximate surface area is 443 Å². The zero-order valence-corrected chi connectivity index (χ0v) is 43.8. The molecule has 2 spiro atoms. The summed E-state index contributed by atoms with van der Waals surface area (Å²) in [5.74, 6) is 5.01. The van der Waals surface area contributed by atoms with Crippen molar-refractivity contribution in [3.8, 4) is 11.8 Å². The van der Waals surface area contributed by atoms with Gasteiger partial charge in [0.15, 0.2) is 0 Å². The fourth-order valence-corrected chi connectivity index (χ4v) is 22.0. The van der Waals surface area contributed by atoms with Crippen LogP contribution in [-0.2, 0) is 38.5 Å². The highest BCUT2D eigenvalue weighted by Gasteiger charge is 2.87. The van der Waals surface area contributed by atoms with Gasteiger partial charge in [-0.05, 0) is 179 Å². The van der Waals surface area contributed by atoms with Crippen molar-refractivity contribution in [2.45, 2.75) is 170 Å². The molecule has 2 aliphatic heterocycles. The van der Waals surface area contributed by atoms with Crippen LogP contribution in [0.1, 0.15) is 131 Å². The maximum absolute atomic E-state index is 15.5. The number of benzene rings is 2. The second-order valence-corrected chi connectivity index (χ2v) is 26.8. The minimum atomic E-state index is -2.21. The summed E-state index contributed by atoms with van der Waals surface area (Å²) in [4.78, 5) is 29.3. The Morgan fingerprint density at radius 3 is 2.52 bits per heavy atom. The van der Waals surface area contributed by atoms with Gasteiger partial charge in [0.05, 0.1) is 30.0 Å². The van der Waals surface area contributed by atoms with Crippen molar-refractivity contribution < 1.29 is 44.6 Å². The number of hydrogen-bond donors (Lipinski definition) is 6. The molecule has 398 valence electrons. The summed E-state index contributed by atoms with van der Waals surface area (Å²) in [5.41, 5.74) is -4.18. The number of carbonyl (C=O) groups excluding carboxylic acids is 2. The summed E-state index contributed by atoms with van der Waals surface area (Å²) < 4.78 is 13.4. The van der Waals surface area contributed by atoms with Crippen LogP contribution in [0.3, 0.4) is 0 Å². The number of aryl methyl sites for hydroxylation is 1. The Morgan fingerprint density at radius 1 is 0.880 bits per heavy atom. The second kappa shape index (κ2) is 17.7. The Bertz CT molecular complexity index is 2770. The van der Waals surface area contributed by atoms with Gasteiger partial charge in [0.1, 0.15) is 29.7 Å². The van der Waals surface area contributed by atoms with Crippen LogP contribution >= 0.6 is 0 Å². The van der Waals surface area contributed by atoms with Gasteiger partial charge >= 0.3 is 5.97 Å². The molecule has 15 rings (SSSR count). The van der Waals surface area contributed by atoms with Crippen LogP contribution in [0, 0.1) is 99.1 Å². The van der Waals surface area contributed by atoms with Crippen LogP contribution in [-0.4, -0.2) is 86.0 Å². The smallest absolute Gasteiger partial charge is 0.331 e. The molecule has 4 bridgehead atoms. The molecule has 8 fully saturated rings. The number of aliphatic hydroxyl groups is 5. The van der Waals surface area contributed by atoms with Gasteiger partial charge in [0.2, 0.25) is 0 Å². The number of aldehydes is 1. The van der Waals surface area contributed by atoms with Gasteiger partial charge in [0, 0.05) is 58.6 Å². The van der Waals surface area contributed by atoms with Crippen LogP contribution in [0.15, 0.2) is 84.7 Å². The molecular weight excluding hydrogens is 939 g/mol. The first-order chi connectivity index (χ1) is 36.4. The maximum atomic E-state index is 15.5. The van der Waals surface area contributed by atoms with Gasteiger partial charge in [-0.2, -0.15) is 0 Å². The topological polar surface area (TPSA) is 166 Å². The number of likely N-dealkylation sites (N-methyl/N-ethyl adjacent to an activating group) is 1. The predicted octanol–water partition coefficient (Wildman–Crippen LogP) is 8.10. The molecule has 75 heavy (non-hydrogen) atoms. The Balaban J connectivity index is 0.943. The number of carbonyl (C=O) groups is 2. The van der Waals surface area contributed by atoms with Crippen molar-refractivity contribution in [3.63, 3.8) is 0 Å². The second-order valence-electron chi connectivity index (χ2n) is 26.8. The minimum Gasteiger partial charge on any atom is -0.497 e. The lowest BCUT2D eigenvalue weighted by Gasteiger charge is -2.75. The molecule has 21 atom stereocenters. The first kappa shape index (κ1) is 49.2. The summed E-state index contributed by atoms with van der Waals surface area (Å²) in [5, 5.41) is 72.8. The number of ether oxygens (including phenoxy) is 2. The summed E-state index contributed by atoms with van der Waals surface area (Å²) in [6, 6.07) is 16.4. The van der Waals surface area contributed by atoms with Crippen molar-refractivity contribution >= 4 is 12.3 Å². The van der Waals surface area contributed by atoms with Crippen molar-refractivity contribution in [2.24, 2.45) is 87.3 Å². The number of allylic oxidation sites excluding steroid dienone is 3. The number of esters is 1. The molecule has 2 aromatic rings. The number of fused-ring (bicyclic) bond motifs is 8. The van der Waals surface area contributed by atoms with E-state index in [1.54, 1.807) is 6.08 Å². The number of rotatable bonds is 7. The highest BCUT2D eigenvalue weighted by atomic mass is 16.5. The van der Waals surface area contributed by atoms with E-state index in [-0.39, 0.29) is 60.7 Å². The number of hydrogen-bond acceptors (Lipinski definition) is 10. The molecule has 0 radical (unpaired) electrons. The summed E-state index contributed by atoms with van der Waals surface area (Å²) >= 11 is 0. The van der Waals surface area contributed by atoms with E-state index < -0.39 is 69.0 Å². The lowest BCUT2D eigenvalue weighted by Crippen LogP contribution is -2.86. The predicted molar refractivity (Wildman–Crippen MR) is 282 cm³/mol. The van der Waals surface area contributed by atoms with Gasteiger partial charge in [-0.15, -0.1) is 0 Å². The molecule has 10 nitrogen and oxygen atoms in total. The monoisotopic (exact) mass is 1020 g/mol. The molecule has 10 heteroatoms. The summed E-state index contributed by atoms with van der Waals surface area (Å²) in [6.45, 7) is -0.127. The van der Waals surface area contributed by atoms with Gasteiger partial charge in [0.25, 0.3) is 0 Å². The maximum Gasteiger partial charge on any atom is 0.331 e. The first-order valence-corrected chi connectivity index (χ1v) is 29.5. The van der Waals surface area contributed by atoms with Gasteiger partial charge in [-0.3, -0.25) is 0 Å². The number of nitrogens with one attached hydrogen (secondary N) is 1. The Kier molecular flexibility index (Phi) is 11.6. The quantitative estimate of drug-likeness (QED) is 0.0691. The van der Waals surface area contributed by atoms with Crippen LogP contribution < -0.4 is 5.32 Å². The fraction of sp³-hybridized carbons (Fsp3) is 0.662. The molecule has 2 aromatic carbocycles. The van der Waals surface area contributed by atoms with Crippen molar-refractivity contribution in [3.05, 3.63) is 107 Å². The molecule has 11 aliphatic carbocycles. The van der Waals surface area contributed by atoms with E-state index >= 15 is 4.79 Å². The van der Waals surface area contributed by atoms with E-state index in [4.69, 9.17) is 9.47 Å². The van der Waals surface area contributed by atoms with Gasteiger partial charge in [-0.1, -0.05) is 92.1 Å². The van der Waals surface area contributed by atoms with E-state index in [9.17, 15) is 30.3 Å². The largest absolute Gasteiger partial charge is 0.497 e. The third-order valence-corrected chi connectivity index (χ3v) is 24.6. The lowest BCUT2D eigenvalue weighted by atomic mass is 9.32. The molecule has 13 aliphatic rings. The van der Waals surface area contributed by atoms with Crippen LogP contribution in [0.5, 0.6) is 0 Å². The van der Waals surface area contributed by atoms with Crippen LogP contribution in [0.2, 0.25) is 0 Å². The van der Waals surface area contributed by atoms with Crippen molar-refractivity contribution in [1.29, 1.82) is 0 Å². The zero-order valence-electron chi connectivity index (χ0n) is 43.8. The third-order valence-electron chi connectivity index (χ3n) is 24.6. The van der Waals surface area contributed by atoms with E-state index in [1.165, 1.54) is 31.2 Å². The minimum absolute atomic E-state index is 0.0978.